The van der Waals surface area contributed by atoms with Crippen LogP contribution in [0, 0.1) is 0 Å². The second-order valence-electron chi connectivity index (χ2n) is 6.31. The van der Waals surface area contributed by atoms with Crippen LogP contribution >= 0.6 is 0 Å². The van der Waals surface area contributed by atoms with Gasteiger partial charge in [0.2, 0.25) is 0 Å². The van der Waals surface area contributed by atoms with E-state index in [9.17, 15) is 5.11 Å². The molecule has 4 heteroatoms. The van der Waals surface area contributed by atoms with Crippen LogP contribution in [0.15, 0.2) is 48.5 Å². The number of aromatic nitrogens is 2. The Morgan fingerprint density at radius 1 is 1.00 bits per heavy atom. The Labute approximate surface area is 149 Å². The number of aliphatic hydroxyl groups is 1. The van der Waals surface area contributed by atoms with Crippen LogP contribution in [-0.4, -0.2) is 39.2 Å². The van der Waals surface area contributed by atoms with Crippen molar-refractivity contribution in [2.24, 2.45) is 0 Å². The number of nitrogens with zero attached hydrogens (tertiary/aromatic N) is 3. The predicted molar refractivity (Wildman–Crippen MR) is 103 cm³/mol. The van der Waals surface area contributed by atoms with Gasteiger partial charge < -0.3 is 14.6 Å². The highest BCUT2D eigenvalue weighted by molar-refractivity contribution is 5.80. The van der Waals surface area contributed by atoms with Crippen molar-refractivity contribution < 1.29 is 5.11 Å². The van der Waals surface area contributed by atoms with E-state index in [1.54, 1.807) is 0 Å². The van der Waals surface area contributed by atoms with Crippen LogP contribution in [0.2, 0.25) is 0 Å². The van der Waals surface area contributed by atoms with Gasteiger partial charge in [-0.3, -0.25) is 0 Å². The van der Waals surface area contributed by atoms with Gasteiger partial charge in [0.05, 0.1) is 17.6 Å². The number of rotatable bonds is 8. The second kappa shape index (κ2) is 8.28. The summed E-state index contributed by atoms with van der Waals surface area (Å²) in [5.41, 5.74) is 4.24. The van der Waals surface area contributed by atoms with E-state index in [-0.39, 0.29) is 6.61 Å². The molecule has 0 unspecified atom stereocenters. The van der Waals surface area contributed by atoms with E-state index < -0.39 is 0 Å². The number of imidazole rings is 1. The molecule has 0 aliphatic carbocycles. The summed E-state index contributed by atoms with van der Waals surface area (Å²) in [6.07, 6.45) is 1.10. The summed E-state index contributed by atoms with van der Waals surface area (Å²) in [5, 5.41) is 9.26. The van der Waals surface area contributed by atoms with Crippen LogP contribution in [0.25, 0.3) is 22.4 Å². The van der Waals surface area contributed by atoms with Crippen LogP contribution in [0.1, 0.15) is 25.8 Å². The first kappa shape index (κ1) is 17.6. The van der Waals surface area contributed by atoms with E-state index in [1.807, 2.05) is 30.3 Å². The lowest BCUT2D eigenvalue weighted by Crippen LogP contribution is -2.24. The fraction of sp³-hybridized carbons (Fsp3) is 0.381. The molecule has 0 aliphatic rings. The second-order valence-corrected chi connectivity index (χ2v) is 6.31. The Kier molecular flexibility index (Phi) is 5.84. The molecule has 0 spiro atoms. The lowest BCUT2D eigenvalue weighted by atomic mass is 10.1. The summed E-state index contributed by atoms with van der Waals surface area (Å²) in [6.45, 7) is 8.74. The van der Waals surface area contributed by atoms with Gasteiger partial charge in [0, 0.05) is 12.1 Å². The molecule has 3 rings (SSSR count). The molecule has 1 aromatic heterocycles. The molecule has 0 saturated heterocycles. The minimum absolute atomic E-state index is 0.0700. The molecule has 132 valence electrons. The maximum atomic E-state index is 9.26. The summed E-state index contributed by atoms with van der Waals surface area (Å²) < 4.78 is 2.33. The molecule has 0 radical (unpaired) electrons. The number of fused-ring (bicyclic) bond motifs is 1. The Hall–Kier alpha value is -2.17. The summed E-state index contributed by atoms with van der Waals surface area (Å²) in [4.78, 5) is 7.32. The molecule has 0 atom stereocenters. The highest BCUT2D eigenvalue weighted by Gasteiger charge is 2.12. The Balaban J connectivity index is 1.91. The highest BCUT2D eigenvalue weighted by atomic mass is 16.3. The Morgan fingerprint density at radius 2 is 1.72 bits per heavy atom. The fourth-order valence-electron chi connectivity index (χ4n) is 3.27. The van der Waals surface area contributed by atoms with Crippen molar-refractivity contribution in [1.29, 1.82) is 0 Å². The Morgan fingerprint density at radius 3 is 2.40 bits per heavy atom. The van der Waals surface area contributed by atoms with Gasteiger partial charge in [0.25, 0.3) is 0 Å². The van der Waals surface area contributed by atoms with Gasteiger partial charge in [-0.2, -0.15) is 0 Å². The van der Waals surface area contributed by atoms with E-state index in [0.29, 0.717) is 0 Å². The van der Waals surface area contributed by atoms with E-state index in [1.165, 1.54) is 5.52 Å². The van der Waals surface area contributed by atoms with E-state index >= 15 is 0 Å². The van der Waals surface area contributed by atoms with Crippen LogP contribution in [0.4, 0.5) is 0 Å². The topological polar surface area (TPSA) is 41.3 Å². The molecule has 4 nitrogen and oxygen atoms in total. The molecule has 1 heterocycles. The van der Waals surface area contributed by atoms with Crippen molar-refractivity contribution in [3.63, 3.8) is 0 Å². The van der Waals surface area contributed by atoms with Crippen molar-refractivity contribution in [1.82, 2.24) is 14.5 Å². The first-order valence-corrected chi connectivity index (χ1v) is 9.14. The third kappa shape index (κ3) is 3.91. The summed E-state index contributed by atoms with van der Waals surface area (Å²) in [6, 6.07) is 16.4. The molecule has 2 aromatic carbocycles. The van der Waals surface area contributed by atoms with Crippen LogP contribution in [0.3, 0.4) is 0 Å². The predicted octanol–water partition coefficient (Wildman–Crippen LogP) is 3.93. The molecular weight excluding hydrogens is 310 g/mol. The highest BCUT2D eigenvalue weighted by Crippen LogP contribution is 2.25. The maximum Gasteiger partial charge on any atom is 0.141 e. The third-order valence-electron chi connectivity index (χ3n) is 4.80. The van der Waals surface area contributed by atoms with E-state index in [0.717, 1.165) is 55.1 Å². The molecule has 1 N–H and O–H groups in total. The molecule has 3 aromatic rings. The smallest absolute Gasteiger partial charge is 0.141 e. The average molecular weight is 337 g/mol. The molecule has 25 heavy (non-hydrogen) atoms. The third-order valence-corrected chi connectivity index (χ3v) is 4.80. The number of aliphatic hydroxyl groups excluding tert-OH is 1. The summed E-state index contributed by atoms with van der Waals surface area (Å²) in [5.74, 6) is 1.00. The molecule has 0 fully saturated rings. The number of para-hydroxylation sites is 2. The zero-order valence-electron chi connectivity index (χ0n) is 15.2. The molecule has 0 bridgehead atoms. The number of hydrogen-bond acceptors (Lipinski definition) is 3. The monoisotopic (exact) mass is 337 g/mol. The normalized spacial score (nSPS) is 11.5. The van der Waals surface area contributed by atoms with Gasteiger partial charge in [0.15, 0.2) is 0 Å². The van der Waals surface area contributed by atoms with Crippen LogP contribution in [0.5, 0.6) is 0 Å². The van der Waals surface area contributed by atoms with E-state index in [4.69, 9.17) is 4.98 Å². The lowest BCUT2D eigenvalue weighted by Gasteiger charge is -2.18. The van der Waals surface area contributed by atoms with Gasteiger partial charge in [-0.1, -0.05) is 50.2 Å². The molecule has 0 aliphatic heterocycles. The number of hydrogen-bond donors (Lipinski definition) is 1. The van der Waals surface area contributed by atoms with Crippen molar-refractivity contribution in [2.75, 3.05) is 19.6 Å². The van der Waals surface area contributed by atoms with Crippen molar-refractivity contribution in [3.8, 4) is 11.4 Å². The zero-order valence-corrected chi connectivity index (χ0v) is 15.2. The molecule has 0 amide bonds. The Bertz CT molecular complexity index is 804. The largest absolute Gasteiger partial charge is 0.392 e. The van der Waals surface area contributed by atoms with Gasteiger partial charge in [-0.15, -0.1) is 0 Å². The SMILES string of the molecule is CCN(CC)CCCn1c(-c2ccc(CO)cc2)nc2ccccc21. The van der Waals surface area contributed by atoms with Crippen molar-refractivity contribution in [3.05, 3.63) is 54.1 Å². The summed E-state index contributed by atoms with van der Waals surface area (Å²) in [7, 11) is 0. The minimum Gasteiger partial charge on any atom is -0.392 e. The van der Waals surface area contributed by atoms with Crippen molar-refractivity contribution >= 4 is 11.0 Å². The minimum atomic E-state index is 0.0700. The van der Waals surface area contributed by atoms with Gasteiger partial charge in [-0.25, -0.2) is 4.98 Å². The fourth-order valence-corrected chi connectivity index (χ4v) is 3.27. The average Bonchev–Trinajstić information content (AvgIpc) is 3.04. The number of aryl methyl sites for hydroxylation is 1. The zero-order chi connectivity index (χ0) is 17.6. The quantitative estimate of drug-likeness (QED) is 0.677. The molecule has 0 saturated carbocycles. The first-order chi connectivity index (χ1) is 12.3. The summed E-state index contributed by atoms with van der Waals surface area (Å²) >= 11 is 0. The first-order valence-electron chi connectivity index (χ1n) is 9.14. The van der Waals surface area contributed by atoms with E-state index in [2.05, 4.69) is 41.5 Å². The maximum absolute atomic E-state index is 9.26. The van der Waals surface area contributed by atoms with Gasteiger partial charge >= 0.3 is 0 Å². The molecular formula is C21H27N3O. The number of benzene rings is 2. The van der Waals surface area contributed by atoms with Crippen LogP contribution < -0.4 is 0 Å². The standard InChI is InChI=1S/C21H27N3O/c1-3-23(4-2)14-7-15-24-20-9-6-5-8-19(20)22-21(24)18-12-10-17(16-25)11-13-18/h5-6,8-13,25H,3-4,7,14-16H2,1-2H3. The lowest BCUT2D eigenvalue weighted by molar-refractivity contribution is 0.282. The van der Waals surface area contributed by atoms with Gasteiger partial charge in [-0.05, 0) is 43.8 Å². The van der Waals surface area contributed by atoms with Crippen molar-refractivity contribution in [2.45, 2.75) is 33.4 Å². The van der Waals surface area contributed by atoms with Crippen LogP contribution in [-0.2, 0) is 13.2 Å². The van der Waals surface area contributed by atoms with Gasteiger partial charge in [0.1, 0.15) is 5.82 Å².